The molecule has 1 N–H and O–H groups in total. The third-order valence-corrected chi connectivity index (χ3v) is 5.92. The quantitative estimate of drug-likeness (QED) is 0.874. The second-order valence-electron chi connectivity index (χ2n) is 4.98. The van der Waals surface area contributed by atoms with Crippen LogP contribution in [0.4, 0.5) is 0 Å². The Morgan fingerprint density at radius 1 is 1.47 bits per heavy atom. The highest BCUT2D eigenvalue weighted by molar-refractivity contribution is 9.10. The van der Waals surface area contributed by atoms with Crippen LogP contribution in [0, 0.1) is 0 Å². The van der Waals surface area contributed by atoms with Gasteiger partial charge in [0.15, 0.2) is 9.84 Å². The van der Waals surface area contributed by atoms with E-state index in [1.165, 1.54) is 0 Å². The van der Waals surface area contributed by atoms with Crippen LogP contribution in [0.15, 0.2) is 22.7 Å². The van der Waals surface area contributed by atoms with Gasteiger partial charge in [0.2, 0.25) is 0 Å². The smallest absolute Gasteiger partial charge is 0.252 e. The number of carbonyl (C=O) groups excluding carboxylic acids is 1. The molecule has 1 aromatic rings. The summed E-state index contributed by atoms with van der Waals surface area (Å²) in [5, 5.41) is 3.24. The second-order valence-corrected chi connectivity index (χ2v) is 8.46. The average molecular weight is 367 g/mol. The maximum atomic E-state index is 12.2. The summed E-state index contributed by atoms with van der Waals surface area (Å²) in [6, 6.07) is 4.91. The van der Waals surface area contributed by atoms with E-state index in [1.54, 1.807) is 25.1 Å². The van der Waals surface area contributed by atoms with Crippen molar-refractivity contribution in [3.05, 3.63) is 33.3 Å². The van der Waals surface area contributed by atoms with Crippen molar-refractivity contribution in [3.63, 3.8) is 0 Å². The fraction of sp³-hybridized carbons (Fsp3) is 0.417. The van der Waals surface area contributed by atoms with E-state index in [0.717, 1.165) is 0 Å². The van der Waals surface area contributed by atoms with Crippen molar-refractivity contribution in [1.82, 2.24) is 5.32 Å². The number of hydrogen-bond acceptors (Lipinski definition) is 3. The van der Waals surface area contributed by atoms with Crippen LogP contribution in [0.5, 0.6) is 0 Å². The number of nitrogens with one attached hydrogen (secondary N) is 1. The van der Waals surface area contributed by atoms with Gasteiger partial charge in [0, 0.05) is 9.50 Å². The standard InChI is InChI=1S/C12H13BrClNO3S/c1-12(4-5-19(17,18)7-12)15-11(16)9-6-8(14)2-3-10(9)13/h2-3,6H,4-5,7H2,1H3,(H,15,16). The third kappa shape index (κ3) is 3.49. The van der Waals surface area contributed by atoms with E-state index < -0.39 is 15.4 Å². The first kappa shape index (κ1) is 14.8. The Hall–Kier alpha value is -0.590. The van der Waals surface area contributed by atoms with Crippen molar-refractivity contribution < 1.29 is 13.2 Å². The largest absolute Gasteiger partial charge is 0.346 e. The van der Waals surface area contributed by atoms with Gasteiger partial charge in [-0.1, -0.05) is 11.6 Å². The Kier molecular flexibility index (Phi) is 3.95. The van der Waals surface area contributed by atoms with Gasteiger partial charge in [-0.2, -0.15) is 0 Å². The maximum absolute atomic E-state index is 12.2. The topological polar surface area (TPSA) is 63.2 Å². The number of carbonyl (C=O) groups is 1. The van der Waals surface area contributed by atoms with E-state index in [0.29, 0.717) is 21.5 Å². The molecule has 0 radical (unpaired) electrons. The summed E-state index contributed by atoms with van der Waals surface area (Å²) in [5.74, 6) is -0.237. The van der Waals surface area contributed by atoms with Crippen LogP contribution in [0.2, 0.25) is 5.02 Å². The number of amides is 1. The van der Waals surface area contributed by atoms with E-state index >= 15 is 0 Å². The van der Waals surface area contributed by atoms with Gasteiger partial charge in [-0.15, -0.1) is 0 Å². The highest BCUT2D eigenvalue weighted by Gasteiger charge is 2.39. The first-order valence-corrected chi connectivity index (χ1v) is 8.68. The van der Waals surface area contributed by atoms with Gasteiger partial charge in [-0.05, 0) is 47.5 Å². The van der Waals surface area contributed by atoms with Crippen LogP contribution in [0.3, 0.4) is 0 Å². The first-order chi connectivity index (χ1) is 8.71. The fourth-order valence-electron chi connectivity index (χ4n) is 2.12. The van der Waals surface area contributed by atoms with Crippen LogP contribution in [-0.2, 0) is 9.84 Å². The molecule has 1 aliphatic rings. The van der Waals surface area contributed by atoms with Crippen molar-refractivity contribution in [2.75, 3.05) is 11.5 Å². The number of hydrogen-bond donors (Lipinski definition) is 1. The Bertz CT molecular complexity index is 632. The molecule has 1 aliphatic heterocycles. The van der Waals surface area contributed by atoms with Crippen molar-refractivity contribution in [1.29, 1.82) is 0 Å². The Morgan fingerprint density at radius 3 is 2.74 bits per heavy atom. The van der Waals surface area contributed by atoms with E-state index in [2.05, 4.69) is 21.2 Å². The van der Waals surface area contributed by atoms with Crippen LogP contribution >= 0.6 is 27.5 Å². The van der Waals surface area contributed by atoms with Gasteiger partial charge in [-0.25, -0.2) is 8.42 Å². The lowest BCUT2D eigenvalue weighted by atomic mass is 10.0. The second kappa shape index (κ2) is 5.07. The normalized spacial score (nSPS) is 25.2. The summed E-state index contributed by atoms with van der Waals surface area (Å²) in [5.41, 5.74) is -0.310. The molecule has 104 valence electrons. The van der Waals surface area contributed by atoms with Gasteiger partial charge in [0.05, 0.1) is 22.6 Å². The summed E-state index contributed by atoms with van der Waals surface area (Å²) in [4.78, 5) is 12.2. The summed E-state index contributed by atoms with van der Waals surface area (Å²) < 4.78 is 23.6. The average Bonchev–Trinajstić information content (AvgIpc) is 2.56. The zero-order valence-electron chi connectivity index (χ0n) is 10.2. The zero-order valence-corrected chi connectivity index (χ0v) is 13.4. The van der Waals surface area contributed by atoms with E-state index in [9.17, 15) is 13.2 Å². The molecule has 0 aromatic heterocycles. The van der Waals surface area contributed by atoms with Crippen molar-refractivity contribution >= 4 is 43.3 Å². The predicted molar refractivity (Wildman–Crippen MR) is 78.3 cm³/mol. The number of sulfone groups is 1. The number of benzene rings is 1. The SMILES string of the molecule is CC1(NC(=O)c2cc(Cl)ccc2Br)CCS(=O)(=O)C1. The van der Waals surface area contributed by atoms with Crippen molar-refractivity contribution in [2.45, 2.75) is 18.9 Å². The van der Waals surface area contributed by atoms with Crippen LogP contribution < -0.4 is 5.32 Å². The molecule has 1 amide bonds. The molecule has 0 spiro atoms. The van der Waals surface area contributed by atoms with Gasteiger partial charge in [0.1, 0.15) is 0 Å². The van der Waals surface area contributed by atoms with Gasteiger partial charge in [0.25, 0.3) is 5.91 Å². The molecule has 1 fully saturated rings. The minimum Gasteiger partial charge on any atom is -0.346 e. The maximum Gasteiger partial charge on any atom is 0.252 e. The van der Waals surface area contributed by atoms with Gasteiger partial charge < -0.3 is 5.32 Å². The molecule has 1 aromatic carbocycles. The van der Waals surface area contributed by atoms with E-state index in [-0.39, 0.29) is 17.4 Å². The van der Waals surface area contributed by atoms with Crippen molar-refractivity contribution in [2.24, 2.45) is 0 Å². The molecule has 0 saturated carbocycles. The summed E-state index contributed by atoms with van der Waals surface area (Å²) in [6.07, 6.45) is 0.430. The fourth-order valence-corrected chi connectivity index (χ4v) is 4.81. The lowest BCUT2D eigenvalue weighted by Gasteiger charge is -2.24. The van der Waals surface area contributed by atoms with Crippen molar-refractivity contribution in [3.8, 4) is 0 Å². The lowest BCUT2D eigenvalue weighted by molar-refractivity contribution is 0.0914. The highest BCUT2D eigenvalue weighted by Crippen LogP contribution is 2.25. The molecule has 0 aliphatic carbocycles. The molecule has 19 heavy (non-hydrogen) atoms. The molecule has 1 saturated heterocycles. The molecule has 1 atom stereocenters. The third-order valence-electron chi connectivity index (χ3n) is 3.09. The van der Waals surface area contributed by atoms with Crippen LogP contribution in [0.1, 0.15) is 23.7 Å². The van der Waals surface area contributed by atoms with Gasteiger partial charge >= 0.3 is 0 Å². The molecule has 4 nitrogen and oxygen atoms in total. The molecule has 0 bridgehead atoms. The molecule has 2 rings (SSSR count). The minimum absolute atomic E-state index is 0.0239. The first-order valence-electron chi connectivity index (χ1n) is 5.69. The Balaban J connectivity index is 2.20. The summed E-state index contributed by atoms with van der Waals surface area (Å²) >= 11 is 9.14. The molecule has 1 unspecified atom stereocenters. The highest BCUT2D eigenvalue weighted by atomic mass is 79.9. The summed E-state index contributed by atoms with van der Waals surface area (Å²) in [7, 11) is -3.05. The lowest BCUT2D eigenvalue weighted by Crippen LogP contribution is -2.47. The van der Waals surface area contributed by atoms with Crippen LogP contribution in [-0.4, -0.2) is 31.4 Å². The zero-order chi connectivity index (χ0) is 14.3. The molecule has 1 heterocycles. The minimum atomic E-state index is -3.05. The monoisotopic (exact) mass is 365 g/mol. The van der Waals surface area contributed by atoms with Crippen LogP contribution in [0.25, 0.3) is 0 Å². The summed E-state index contributed by atoms with van der Waals surface area (Å²) in [6.45, 7) is 1.74. The number of halogens is 2. The predicted octanol–water partition coefficient (Wildman–Crippen LogP) is 2.41. The van der Waals surface area contributed by atoms with E-state index in [1.807, 2.05) is 0 Å². The Morgan fingerprint density at radius 2 is 2.16 bits per heavy atom. The molecular formula is C12H13BrClNO3S. The van der Waals surface area contributed by atoms with E-state index in [4.69, 9.17) is 11.6 Å². The molecular weight excluding hydrogens is 354 g/mol. The Labute approximate surface area is 125 Å². The van der Waals surface area contributed by atoms with Gasteiger partial charge in [-0.3, -0.25) is 4.79 Å². The number of rotatable bonds is 2. The molecule has 7 heteroatoms.